The van der Waals surface area contributed by atoms with Crippen molar-refractivity contribution in [3.63, 3.8) is 0 Å². The van der Waals surface area contributed by atoms with Crippen molar-refractivity contribution in [1.29, 1.82) is 0 Å². The summed E-state index contributed by atoms with van der Waals surface area (Å²) in [7, 11) is 8.40. The van der Waals surface area contributed by atoms with Gasteiger partial charge in [-0.05, 0) is 74.0 Å². The number of rotatable bonds is 12. The zero-order valence-corrected chi connectivity index (χ0v) is 27.7. The zero-order chi connectivity index (χ0) is 30.7. The van der Waals surface area contributed by atoms with Crippen molar-refractivity contribution in [2.75, 3.05) is 41.3 Å². The first-order chi connectivity index (χ1) is 21.5. The first kappa shape index (κ1) is 31.7. The molecule has 0 radical (unpaired) electrons. The van der Waals surface area contributed by atoms with Gasteiger partial charge in [0.2, 0.25) is 0 Å². The predicted octanol–water partition coefficient (Wildman–Crippen LogP) is 9.95. The van der Waals surface area contributed by atoms with E-state index in [-0.39, 0.29) is 12.2 Å². The molecular formula is C38H42N2O2S2. The Hall–Kier alpha value is -3.68. The number of fused-ring (bicyclic) bond motifs is 2. The van der Waals surface area contributed by atoms with E-state index in [1.54, 1.807) is 22.7 Å². The van der Waals surface area contributed by atoms with Gasteiger partial charge in [0.05, 0.1) is 0 Å². The normalized spacial score (nSPS) is 12.7. The van der Waals surface area contributed by atoms with Gasteiger partial charge in [0.15, 0.2) is 0 Å². The fourth-order valence-corrected chi connectivity index (χ4v) is 6.70. The van der Waals surface area contributed by atoms with E-state index in [2.05, 4.69) is 158 Å². The lowest BCUT2D eigenvalue weighted by Gasteiger charge is -2.21. The summed E-state index contributed by atoms with van der Waals surface area (Å²) >= 11 is 3.53. The van der Waals surface area contributed by atoms with Crippen LogP contribution in [0.15, 0.2) is 120 Å². The molecule has 228 valence electrons. The molecule has 4 nitrogen and oxygen atoms in total. The van der Waals surface area contributed by atoms with Gasteiger partial charge in [0.1, 0.15) is 23.7 Å². The molecule has 0 N–H and O–H groups in total. The SMILES string of the molecule is CN(C)CC[C@@H](Oc1cccc2ccccc12)c1cccs1.CN(C)CC[C@H](Oc1cccc2ccccc12)c1cccs1. The zero-order valence-electron chi connectivity index (χ0n) is 26.1. The van der Waals surface area contributed by atoms with E-state index in [1.807, 2.05) is 0 Å². The van der Waals surface area contributed by atoms with Gasteiger partial charge < -0.3 is 19.3 Å². The van der Waals surface area contributed by atoms with E-state index in [4.69, 9.17) is 9.47 Å². The summed E-state index contributed by atoms with van der Waals surface area (Å²) in [5.74, 6) is 1.94. The second-order valence-corrected chi connectivity index (χ2v) is 13.3. The Kier molecular flexibility index (Phi) is 11.4. The number of hydrogen-bond donors (Lipinski definition) is 0. The van der Waals surface area contributed by atoms with E-state index < -0.39 is 0 Å². The van der Waals surface area contributed by atoms with Crippen LogP contribution >= 0.6 is 22.7 Å². The van der Waals surface area contributed by atoms with Crippen molar-refractivity contribution in [2.45, 2.75) is 25.0 Å². The molecule has 4 aromatic carbocycles. The quantitative estimate of drug-likeness (QED) is 0.136. The Bertz CT molecular complexity index is 1560. The van der Waals surface area contributed by atoms with Crippen LogP contribution in [0.3, 0.4) is 0 Å². The maximum atomic E-state index is 6.41. The highest BCUT2D eigenvalue weighted by Crippen LogP contribution is 2.34. The lowest BCUT2D eigenvalue weighted by molar-refractivity contribution is 0.185. The molecule has 0 bridgehead atoms. The Labute approximate surface area is 270 Å². The summed E-state index contributed by atoms with van der Waals surface area (Å²) in [5, 5.41) is 9.03. The second-order valence-electron chi connectivity index (χ2n) is 11.4. The molecule has 44 heavy (non-hydrogen) atoms. The van der Waals surface area contributed by atoms with Crippen LogP contribution in [-0.4, -0.2) is 51.1 Å². The van der Waals surface area contributed by atoms with Crippen molar-refractivity contribution in [2.24, 2.45) is 0 Å². The first-order valence-electron chi connectivity index (χ1n) is 15.1. The number of thiophene rings is 2. The molecule has 6 rings (SSSR count). The summed E-state index contributed by atoms with van der Waals surface area (Å²) in [5.41, 5.74) is 0. The highest BCUT2D eigenvalue weighted by molar-refractivity contribution is 7.10. The van der Waals surface area contributed by atoms with Crippen LogP contribution in [0, 0.1) is 0 Å². The van der Waals surface area contributed by atoms with Gasteiger partial charge in [0, 0.05) is 46.5 Å². The van der Waals surface area contributed by atoms with Crippen LogP contribution in [-0.2, 0) is 0 Å². The van der Waals surface area contributed by atoms with Gasteiger partial charge in [-0.25, -0.2) is 0 Å². The summed E-state index contributed by atoms with van der Waals surface area (Å²) in [6.07, 6.45) is 2.18. The molecular weight excluding hydrogens is 581 g/mol. The molecule has 0 amide bonds. The third kappa shape index (κ3) is 8.70. The number of nitrogens with zero attached hydrogens (tertiary/aromatic N) is 2. The first-order valence-corrected chi connectivity index (χ1v) is 16.9. The van der Waals surface area contributed by atoms with Crippen LogP contribution in [0.4, 0.5) is 0 Å². The molecule has 0 unspecified atom stereocenters. The van der Waals surface area contributed by atoms with Gasteiger partial charge in [-0.3, -0.25) is 0 Å². The van der Waals surface area contributed by atoms with Gasteiger partial charge in [-0.15, -0.1) is 22.7 Å². The molecule has 2 aromatic heterocycles. The fourth-order valence-electron chi connectivity index (χ4n) is 5.12. The minimum absolute atomic E-state index is 0.105. The average Bonchev–Trinajstić information content (AvgIpc) is 3.77. The van der Waals surface area contributed by atoms with E-state index in [0.717, 1.165) is 37.4 Å². The second kappa shape index (κ2) is 15.9. The third-order valence-corrected chi connectivity index (χ3v) is 9.36. The van der Waals surface area contributed by atoms with Crippen molar-refractivity contribution >= 4 is 44.2 Å². The molecule has 0 aliphatic carbocycles. The number of ether oxygens (including phenoxy) is 2. The van der Waals surface area contributed by atoms with Crippen LogP contribution in [0.25, 0.3) is 21.5 Å². The van der Waals surface area contributed by atoms with E-state index in [0.29, 0.717) is 0 Å². The third-order valence-electron chi connectivity index (χ3n) is 7.44. The van der Waals surface area contributed by atoms with Gasteiger partial charge in [0.25, 0.3) is 0 Å². The summed E-state index contributed by atoms with van der Waals surface area (Å²) in [6.45, 7) is 2.01. The molecule has 2 atom stereocenters. The molecule has 0 saturated carbocycles. The maximum absolute atomic E-state index is 6.41. The molecule has 0 aliphatic heterocycles. The summed E-state index contributed by atoms with van der Waals surface area (Å²) < 4.78 is 12.8. The van der Waals surface area contributed by atoms with Crippen molar-refractivity contribution in [1.82, 2.24) is 9.80 Å². The van der Waals surface area contributed by atoms with Crippen molar-refractivity contribution < 1.29 is 9.47 Å². The minimum Gasteiger partial charge on any atom is -0.484 e. The Balaban J connectivity index is 0.000000175. The highest BCUT2D eigenvalue weighted by atomic mass is 32.1. The molecule has 6 heteroatoms. The molecule has 0 saturated heterocycles. The van der Waals surface area contributed by atoms with Gasteiger partial charge in [-0.2, -0.15) is 0 Å². The van der Waals surface area contributed by atoms with Crippen molar-refractivity contribution in [3.05, 3.63) is 130 Å². The van der Waals surface area contributed by atoms with Crippen molar-refractivity contribution in [3.8, 4) is 11.5 Å². The Morgan fingerprint density at radius 2 is 0.909 bits per heavy atom. The molecule has 0 aliphatic rings. The maximum Gasteiger partial charge on any atom is 0.134 e. The highest BCUT2D eigenvalue weighted by Gasteiger charge is 2.17. The van der Waals surface area contributed by atoms with E-state index in [9.17, 15) is 0 Å². The molecule has 0 fully saturated rings. The molecule has 6 aromatic rings. The topological polar surface area (TPSA) is 24.9 Å². The van der Waals surface area contributed by atoms with Crippen LogP contribution in [0.1, 0.15) is 34.8 Å². The molecule has 2 heterocycles. The van der Waals surface area contributed by atoms with Gasteiger partial charge in [-0.1, -0.05) is 84.9 Å². The Morgan fingerprint density at radius 1 is 0.500 bits per heavy atom. The lowest BCUT2D eigenvalue weighted by Crippen LogP contribution is -2.18. The Morgan fingerprint density at radius 3 is 1.30 bits per heavy atom. The van der Waals surface area contributed by atoms with Gasteiger partial charge >= 0.3 is 0 Å². The molecule has 0 spiro atoms. The predicted molar refractivity (Wildman–Crippen MR) is 190 cm³/mol. The summed E-state index contributed by atoms with van der Waals surface area (Å²) in [4.78, 5) is 6.98. The number of hydrogen-bond acceptors (Lipinski definition) is 6. The van der Waals surface area contributed by atoms with E-state index >= 15 is 0 Å². The standard InChI is InChI=1S/2C19H21NOS/c2*1-20(2)13-12-18(19-11-6-14-22-19)21-17-10-5-8-15-7-3-4-9-16(15)17/h2*3-11,14,18H,12-13H2,1-2H3/t2*18-/m10/s1. The minimum atomic E-state index is 0.105. The number of benzene rings is 4. The monoisotopic (exact) mass is 622 g/mol. The lowest BCUT2D eigenvalue weighted by atomic mass is 10.1. The fraction of sp³-hybridized carbons (Fsp3) is 0.263. The average molecular weight is 623 g/mol. The van der Waals surface area contributed by atoms with Crippen LogP contribution in [0.2, 0.25) is 0 Å². The van der Waals surface area contributed by atoms with E-state index in [1.165, 1.54) is 31.3 Å². The smallest absolute Gasteiger partial charge is 0.134 e. The largest absolute Gasteiger partial charge is 0.484 e. The van der Waals surface area contributed by atoms with Crippen LogP contribution in [0.5, 0.6) is 11.5 Å². The summed E-state index contributed by atoms with van der Waals surface area (Å²) in [6, 6.07) is 37.8. The van der Waals surface area contributed by atoms with Crippen LogP contribution < -0.4 is 9.47 Å².